The summed E-state index contributed by atoms with van der Waals surface area (Å²) in [7, 11) is 0. The Hall–Kier alpha value is -3.15. The van der Waals surface area contributed by atoms with Crippen molar-refractivity contribution >= 4 is 33.7 Å². The van der Waals surface area contributed by atoms with Crippen molar-refractivity contribution in [1.29, 1.82) is 0 Å². The van der Waals surface area contributed by atoms with Gasteiger partial charge in [-0.25, -0.2) is 4.79 Å². The molecule has 0 saturated carbocycles. The third kappa shape index (κ3) is 3.50. The van der Waals surface area contributed by atoms with Gasteiger partial charge in [0, 0.05) is 30.7 Å². The van der Waals surface area contributed by atoms with E-state index < -0.39 is 0 Å². The fourth-order valence-corrected chi connectivity index (χ4v) is 3.79. The molecule has 2 amide bonds. The van der Waals surface area contributed by atoms with Crippen LogP contribution in [-0.4, -0.2) is 47.6 Å². The maximum absolute atomic E-state index is 13.0. The van der Waals surface area contributed by atoms with E-state index in [-0.39, 0.29) is 18.0 Å². The average Bonchev–Trinajstić information content (AvgIpc) is 2.74. The van der Waals surface area contributed by atoms with E-state index in [1.165, 1.54) is 0 Å². The van der Waals surface area contributed by atoms with E-state index >= 15 is 0 Å². The van der Waals surface area contributed by atoms with Gasteiger partial charge in [-0.15, -0.1) is 0 Å². The first kappa shape index (κ1) is 18.2. The minimum absolute atomic E-state index is 0.0309. The molecule has 0 spiro atoms. The molecule has 1 aromatic heterocycles. The lowest BCUT2D eigenvalue weighted by atomic mass is 9.99. The lowest BCUT2D eigenvalue weighted by molar-refractivity contribution is 0.0861. The summed E-state index contributed by atoms with van der Waals surface area (Å²) in [6.07, 6.45) is 2.86. The summed E-state index contributed by atoms with van der Waals surface area (Å²) < 4.78 is 5.05. The molecule has 28 heavy (non-hydrogen) atoms. The summed E-state index contributed by atoms with van der Waals surface area (Å²) >= 11 is 0. The molecule has 0 bridgehead atoms. The maximum Gasteiger partial charge on any atom is 0.409 e. The number of ether oxygens (including phenoxy) is 1. The van der Waals surface area contributed by atoms with Gasteiger partial charge in [0.25, 0.3) is 5.91 Å². The lowest BCUT2D eigenvalue weighted by Gasteiger charge is -2.31. The Morgan fingerprint density at radius 1 is 1.14 bits per heavy atom. The van der Waals surface area contributed by atoms with Crippen molar-refractivity contribution in [1.82, 2.24) is 15.2 Å². The maximum atomic E-state index is 13.0. The Morgan fingerprint density at radius 2 is 1.89 bits per heavy atom. The number of nitrogens with zero attached hydrogens (tertiary/aromatic N) is 2. The van der Waals surface area contributed by atoms with E-state index in [0.29, 0.717) is 43.6 Å². The van der Waals surface area contributed by atoms with E-state index in [2.05, 4.69) is 10.3 Å². The van der Waals surface area contributed by atoms with Gasteiger partial charge < -0.3 is 15.0 Å². The molecule has 6 heteroatoms. The number of likely N-dealkylation sites (tertiary alicyclic amines) is 1. The van der Waals surface area contributed by atoms with Crippen LogP contribution in [0.1, 0.15) is 30.1 Å². The van der Waals surface area contributed by atoms with Crippen LogP contribution >= 0.6 is 0 Å². The largest absolute Gasteiger partial charge is 0.450 e. The van der Waals surface area contributed by atoms with Crippen molar-refractivity contribution in [3.8, 4) is 0 Å². The molecule has 4 rings (SSSR count). The van der Waals surface area contributed by atoms with E-state index in [0.717, 1.165) is 16.2 Å². The average molecular weight is 377 g/mol. The van der Waals surface area contributed by atoms with Crippen LogP contribution in [0.2, 0.25) is 0 Å². The molecular weight excluding hydrogens is 354 g/mol. The van der Waals surface area contributed by atoms with Gasteiger partial charge in [-0.05, 0) is 42.7 Å². The SMILES string of the molecule is CCOC(=O)N1CCC(NC(=O)c2cc3ccccc3c3cccnc23)CC1. The predicted octanol–water partition coefficient (Wildman–Crippen LogP) is 3.74. The van der Waals surface area contributed by atoms with E-state index in [1.54, 1.807) is 18.0 Å². The second-order valence-electron chi connectivity index (χ2n) is 6.98. The highest BCUT2D eigenvalue weighted by Crippen LogP contribution is 2.27. The molecule has 0 atom stereocenters. The van der Waals surface area contributed by atoms with Crippen LogP contribution in [-0.2, 0) is 4.74 Å². The van der Waals surface area contributed by atoms with Gasteiger partial charge in [0.1, 0.15) is 0 Å². The third-order valence-electron chi connectivity index (χ3n) is 5.21. The molecule has 1 aliphatic heterocycles. The number of carbonyl (C=O) groups excluding carboxylic acids is 2. The number of aromatic nitrogens is 1. The highest BCUT2D eigenvalue weighted by Gasteiger charge is 2.25. The first-order valence-corrected chi connectivity index (χ1v) is 9.66. The number of hydrogen-bond donors (Lipinski definition) is 1. The number of fused-ring (bicyclic) bond motifs is 3. The number of benzene rings is 2. The highest BCUT2D eigenvalue weighted by molar-refractivity contribution is 6.15. The zero-order chi connectivity index (χ0) is 19.5. The predicted molar refractivity (Wildman–Crippen MR) is 108 cm³/mol. The van der Waals surface area contributed by atoms with Crippen LogP contribution in [0, 0.1) is 0 Å². The molecule has 1 aliphatic rings. The Kier molecular flexibility index (Phi) is 5.10. The summed E-state index contributed by atoms with van der Waals surface area (Å²) in [6.45, 7) is 3.34. The molecule has 2 aromatic carbocycles. The summed E-state index contributed by atoms with van der Waals surface area (Å²) in [5.41, 5.74) is 1.30. The molecule has 0 radical (unpaired) electrons. The van der Waals surface area contributed by atoms with Gasteiger partial charge in [-0.2, -0.15) is 0 Å². The Morgan fingerprint density at radius 3 is 2.68 bits per heavy atom. The van der Waals surface area contributed by atoms with Crippen LogP contribution in [0.25, 0.3) is 21.7 Å². The van der Waals surface area contributed by atoms with Gasteiger partial charge in [0.2, 0.25) is 0 Å². The molecule has 2 heterocycles. The molecule has 1 saturated heterocycles. The molecule has 1 fully saturated rings. The quantitative estimate of drug-likeness (QED) is 0.706. The number of rotatable bonds is 3. The molecule has 0 unspecified atom stereocenters. The smallest absolute Gasteiger partial charge is 0.409 e. The van der Waals surface area contributed by atoms with Gasteiger partial charge >= 0.3 is 6.09 Å². The van der Waals surface area contributed by atoms with Crippen molar-refractivity contribution in [2.75, 3.05) is 19.7 Å². The van der Waals surface area contributed by atoms with Crippen molar-refractivity contribution < 1.29 is 14.3 Å². The van der Waals surface area contributed by atoms with Crippen LogP contribution in [0.4, 0.5) is 4.79 Å². The Balaban J connectivity index is 1.54. The second kappa shape index (κ2) is 7.84. The summed E-state index contributed by atoms with van der Waals surface area (Å²) in [5, 5.41) is 6.21. The van der Waals surface area contributed by atoms with Gasteiger partial charge in [0.05, 0.1) is 17.7 Å². The van der Waals surface area contributed by atoms with Crippen molar-refractivity contribution in [3.63, 3.8) is 0 Å². The second-order valence-corrected chi connectivity index (χ2v) is 6.98. The fourth-order valence-electron chi connectivity index (χ4n) is 3.79. The topological polar surface area (TPSA) is 71.5 Å². The van der Waals surface area contributed by atoms with E-state index in [1.807, 2.05) is 42.5 Å². The molecule has 3 aromatic rings. The van der Waals surface area contributed by atoms with Crippen LogP contribution in [0.5, 0.6) is 0 Å². The standard InChI is InChI=1S/C22H23N3O3/c1-2-28-22(27)25-12-9-16(10-13-25)24-21(26)19-14-15-6-3-4-7-17(15)18-8-5-11-23-20(18)19/h3-8,11,14,16H,2,9-10,12-13H2,1H3,(H,24,26). The van der Waals surface area contributed by atoms with Gasteiger partial charge in [0.15, 0.2) is 0 Å². The minimum atomic E-state index is -0.281. The number of hydrogen-bond acceptors (Lipinski definition) is 4. The Labute approximate surface area is 163 Å². The van der Waals surface area contributed by atoms with Crippen molar-refractivity contribution in [2.24, 2.45) is 0 Å². The minimum Gasteiger partial charge on any atom is -0.450 e. The monoisotopic (exact) mass is 377 g/mol. The lowest BCUT2D eigenvalue weighted by Crippen LogP contribution is -2.46. The number of piperidine rings is 1. The first-order chi connectivity index (χ1) is 13.7. The fraction of sp³-hybridized carbons (Fsp3) is 0.318. The Bertz CT molecular complexity index is 1030. The highest BCUT2D eigenvalue weighted by atomic mass is 16.6. The molecule has 144 valence electrons. The van der Waals surface area contributed by atoms with Crippen LogP contribution in [0.3, 0.4) is 0 Å². The van der Waals surface area contributed by atoms with Crippen LogP contribution < -0.4 is 5.32 Å². The van der Waals surface area contributed by atoms with Crippen molar-refractivity contribution in [2.45, 2.75) is 25.8 Å². The van der Waals surface area contributed by atoms with Crippen molar-refractivity contribution in [3.05, 3.63) is 54.2 Å². The number of nitrogens with one attached hydrogen (secondary N) is 1. The molecule has 0 aliphatic carbocycles. The molecular formula is C22H23N3O3. The normalized spacial score (nSPS) is 15.0. The first-order valence-electron chi connectivity index (χ1n) is 9.66. The molecule has 6 nitrogen and oxygen atoms in total. The summed E-state index contributed by atoms with van der Waals surface area (Å²) in [6, 6.07) is 13.9. The van der Waals surface area contributed by atoms with E-state index in [4.69, 9.17) is 4.74 Å². The van der Waals surface area contributed by atoms with Crippen LogP contribution in [0.15, 0.2) is 48.7 Å². The number of pyridine rings is 1. The number of carbonyl (C=O) groups is 2. The summed E-state index contributed by atoms with van der Waals surface area (Å²) in [5.74, 6) is -0.121. The molecule has 1 N–H and O–H groups in total. The van der Waals surface area contributed by atoms with E-state index in [9.17, 15) is 9.59 Å². The third-order valence-corrected chi connectivity index (χ3v) is 5.21. The zero-order valence-electron chi connectivity index (χ0n) is 15.9. The summed E-state index contributed by atoms with van der Waals surface area (Å²) in [4.78, 5) is 31.0. The van der Waals surface area contributed by atoms with Gasteiger partial charge in [-0.1, -0.05) is 30.3 Å². The zero-order valence-corrected chi connectivity index (χ0v) is 15.9. The van der Waals surface area contributed by atoms with Gasteiger partial charge in [-0.3, -0.25) is 9.78 Å². The number of amides is 2.